The van der Waals surface area contributed by atoms with Crippen LogP contribution >= 0.6 is 27.5 Å². The fourth-order valence-corrected chi connectivity index (χ4v) is 6.67. The molecule has 1 aliphatic rings. The highest BCUT2D eigenvalue weighted by molar-refractivity contribution is 9.10. The van der Waals surface area contributed by atoms with Gasteiger partial charge in [-0.3, -0.25) is 13.9 Å². The predicted octanol–water partition coefficient (Wildman–Crippen LogP) is 6.08. The highest BCUT2D eigenvalue weighted by Crippen LogP contribution is 2.27. The van der Waals surface area contributed by atoms with Crippen LogP contribution < -0.4 is 9.62 Å². The number of carbonyl (C=O) groups excluding carboxylic acids is 2. The van der Waals surface area contributed by atoms with Gasteiger partial charge >= 0.3 is 0 Å². The summed E-state index contributed by atoms with van der Waals surface area (Å²) in [5, 5.41) is 3.57. The van der Waals surface area contributed by atoms with Gasteiger partial charge in [-0.15, -0.1) is 0 Å². The van der Waals surface area contributed by atoms with Crippen LogP contribution in [0.2, 0.25) is 5.02 Å². The largest absolute Gasteiger partial charge is 0.352 e. The number of halogens is 2. The third-order valence-electron chi connectivity index (χ3n) is 7.11. The fraction of sp³-hybridized carbons (Fsp3) is 0.333. The van der Waals surface area contributed by atoms with Crippen LogP contribution in [-0.4, -0.2) is 43.8 Å². The van der Waals surface area contributed by atoms with Gasteiger partial charge in [-0.05, 0) is 80.8 Å². The summed E-state index contributed by atoms with van der Waals surface area (Å²) in [5.41, 5.74) is 1.99. The molecule has 0 radical (unpaired) electrons. The number of hydrogen-bond acceptors (Lipinski definition) is 4. The summed E-state index contributed by atoms with van der Waals surface area (Å²) in [5.74, 6) is -0.772. The molecular formula is C30H33BrClN3O4S. The van der Waals surface area contributed by atoms with E-state index < -0.39 is 28.5 Å². The molecule has 0 bridgehead atoms. The Morgan fingerprint density at radius 3 is 2.30 bits per heavy atom. The van der Waals surface area contributed by atoms with E-state index in [1.165, 1.54) is 17.0 Å². The molecule has 3 aromatic carbocycles. The molecule has 0 aliphatic heterocycles. The topological polar surface area (TPSA) is 86.8 Å². The number of rotatable bonds is 10. The minimum atomic E-state index is -4.11. The molecule has 212 valence electrons. The molecule has 0 heterocycles. The molecule has 40 heavy (non-hydrogen) atoms. The third kappa shape index (κ3) is 7.44. The van der Waals surface area contributed by atoms with Gasteiger partial charge in [-0.1, -0.05) is 70.2 Å². The van der Waals surface area contributed by atoms with Crippen LogP contribution in [-0.2, 0) is 26.2 Å². The van der Waals surface area contributed by atoms with E-state index in [4.69, 9.17) is 11.6 Å². The summed E-state index contributed by atoms with van der Waals surface area (Å²) in [6.07, 6.45) is 3.94. The lowest BCUT2D eigenvalue weighted by Gasteiger charge is -2.32. The minimum absolute atomic E-state index is 0.0715. The molecule has 1 atom stereocenters. The van der Waals surface area contributed by atoms with E-state index in [0.29, 0.717) is 10.7 Å². The minimum Gasteiger partial charge on any atom is -0.352 e. The van der Waals surface area contributed by atoms with Gasteiger partial charge in [0.05, 0.1) is 10.6 Å². The number of aryl methyl sites for hydroxylation is 1. The van der Waals surface area contributed by atoms with Gasteiger partial charge < -0.3 is 10.2 Å². The summed E-state index contributed by atoms with van der Waals surface area (Å²) < 4.78 is 29.6. The first-order valence-corrected chi connectivity index (χ1v) is 15.8. The van der Waals surface area contributed by atoms with Gasteiger partial charge in [0.15, 0.2) is 0 Å². The standard InChI is InChI=1S/C30H33BrClN3O4S/c1-21-10-16-28(17-11-21)40(38,39)35(27-14-12-24(31)13-15-27)20-29(36)34(19-23-6-5-7-25(32)18-23)22(2)30(37)33-26-8-3-4-9-26/h5-7,10-18,22,26H,3-4,8-9,19-20H2,1-2H3,(H,33,37)/t22-/m1/s1. The van der Waals surface area contributed by atoms with E-state index in [-0.39, 0.29) is 23.4 Å². The Labute approximate surface area is 249 Å². The molecule has 1 N–H and O–H groups in total. The van der Waals surface area contributed by atoms with Gasteiger partial charge in [-0.25, -0.2) is 8.42 Å². The van der Waals surface area contributed by atoms with Crippen molar-refractivity contribution in [1.29, 1.82) is 0 Å². The van der Waals surface area contributed by atoms with Crippen LogP contribution in [0, 0.1) is 6.92 Å². The number of benzene rings is 3. The number of amides is 2. The van der Waals surface area contributed by atoms with Crippen LogP contribution in [0.3, 0.4) is 0 Å². The van der Waals surface area contributed by atoms with Crippen LogP contribution in [0.4, 0.5) is 5.69 Å². The Kier molecular flexibility index (Phi) is 9.92. The second kappa shape index (κ2) is 13.2. The van der Waals surface area contributed by atoms with Crippen LogP contribution in [0.5, 0.6) is 0 Å². The molecule has 3 aromatic rings. The molecule has 10 heteroatoms. The predicted molar refractivity (Wildman–Crippen MR) is 162 cm³/mol. The number of nitrogens with one attached hydrogen (secondary N) is 1. The molecule has 0 unspecified atom stereocenters. The van der Waals surface area contributed by atoms with Gasteiger partial charge in [0, 0.05) is 22.1 Å². The second-order valence-corrected chi connectivity index (χ2v) is 13.3. The zero-order valence-electron chi connectivity index (χ0n) is 22.5. The average molecular weight is 647 g/mol. The van der Waals surface area contributed by atoms with E-state index in [2.05, 4.69) is 21.2 Å². The SMILES string of the molecule is Cc1ccc(S(=O)(=O)N(CC(=O)N(Cc2cccc(Cl)c2)[C@H](C)C(=O)NC2CCCC2)c2ccc(Br)cc2)cc1. The van der Waals surface area contributed by atoms with Crippen LogP contribution in [0.1, 0.15) is 43.7 Å². The Morgan fingerprint density at radius 1 is 1.02 bits per heavy atom. The lowest BCUT2D eigenvalue weighted by atomic mass is 10.1. The van der Waals surface area contributed by atoms with Crippen molar-refractivity contribution in [3.63, 3.8) is 0 Å². The highest BCUT2D eigenvalue weighted by Gasteiger charge is 2.33. The van der Waals surface area contributed by atoms with Crippen LogP contribution in [0.15, 0.2) is 82.2 Å². The smallest absolute Gasteiger partial charge is 0.264 e. The third-order valence-corrected chi connectivity index (χ3v) is 9.67. The van der Waals surface area contributed by atoms with Gasteiger partial charge in [-0.2, -0.15) is 0 Å². The number of nitrogens with zero attached hydrogens (tertiary/aromatic N) is 2. The monoisotopic (exact) mass is 645 g/mol. The molecule has 1 saturated carbocycles. The molecule has 2 amide bonds. The number of anilines is 1. The average Bonchev–Trinajstić information content (AvgIpc) is 3.44. The van der Waals surface area contributed by atoms with Crippen LogP contribution in [0.25, 0.3) is 0 Å². The van der Waals surface area contributed by atoms with Crippen molar-refractivity contribution in [2.24, 2.45) is 0 Å². The van der Waals surface area contributed by atoms with Crippen molar-refractivity contribution in [2.45, 2.75) is 63.1 Å². The maximum absolute atomic E-state index is 14.0. The molecule has 1 aliphatic carbocycles. The number of sulfonamides is 1. The number of carbonyl (C=O) groups is 2. The second-order valence-electron chi connectivity index (χ2n) is 10.1. The van der Waals surface area contributed by atoms with Gasteiger partial charge in [0.2, 0.25) is 11.8 Å². The molecule has 0 saturated heterocycles. The lowest BCUT2D eigenvalue weighted by Crippen LogP contribution is -2.52. The summed E-state index contributed by atoms with van der Waals surface area (Å²) in [4.78, 5) is 28.8. The van der Waals surface area contributed by atoms with E-state index in [0.717, 1.165) is 45.6 Å². The zero-order valence-corrected chi connectivity index (χ0v) is 25.7. The summed E-state index contributed by atoms with van der Waals surface area (Å²) in [6.45, 7) is 3.15. The van der Waals surface area contributed by atoms with Crippen molar-refractivity contribution < 1.29 is 18.0 Å². The Balaban J connectivity index is 1.68. The first kappa shape index (κ1) is 30.1. The van der Waals surface area contributed by atoms with Crippen molar-refractivity contribution in [1.82, 2.24) is 10.2 Å². The summed E-state index contributed by atoms with van der Waals surface area (Å²) in [7, 11) is -4.11. The van der Waals surface area contributed by atoms with Crippen molar-refractivity contribution in [3.8, 4) is 0 Å². The first-order chi connectivity index (χ1) is 19.0. The molecular weight excluding hydrogens is 614 g/mol. The fourth-order valence-electron chi connectivity index (χ4n) is 4.78. The maximum Gasteiger partial charge on any atom is 0.264 e. The molecule has 0 aromatic heterocycles. The van der Waals surface area contributed by atoms with E-state index in [9.17, 15) is 18.0 Å². The van der Waals surface area contributed by atoms with E-state index >= 15 is 0 Å². The van der Waals surface area contributed by atoms with E-state index in [1.54, 1.807) is 61.5 Å². The van der Waals surface area contributed by atoms with Gasteiger partial charge in [0.1, 0.15) is 12.6 Å². The zero-order chi connectivity index (χ0) is 28.9. The van der Waals surface area contributed by atoms with E-state index in [1.807, 2.05) is 13.0 Å². The Morgan fingerprint density at radius 2 is 1.68 bits per heavy atom. The molecule has 0 spiro atoms. The van der Waals surface area contributed by atoms with Crippen molar-refractivity contribution in [2.75, 3.05) is 10.8 Å². The van der Waals surface area contributed by atoms with Crippen molar-refractivity contribution >= 4 is 55.1 Å². The highest BCUT2D eigenvalue weighted by atomic mass is 79.9. The quantitative estimate of drug-likeness (QED) is 0.289. The summed E-state index contributed by atoms with van der Waals surface area (Å²) in [6, 6.07) is 19.5. The molecule has 4 rings (SSSR count). The molecule has 1 fully saturated rings. The number of hydrogen-bond donors (Lipinski definition) is 1. The van der Waals surface area contributed by atoms with Gasteiger partial charge in [0.25, 0.3) is 10.0 Å². The Bertz CT molecular complexity index is 1440. The Hall–Kier alpha value is -2.88. The first-order valence-electron chi connectivity index (χ1n) is 13.2. The normalized spacial score (nSPS) is 14.5. The summed E-state index contributed by atoms with van der Waals surface area (Å²) >= 11 is 9.59. The van der Waals surface area contributed by atoms with Crippen molar-refractivity contribution in [3.05, 3.63) is 93.4 Å². The lowest BCUT2D eigenvalue weighted by molar-refractivity contribution is -0.139. The molecule has 7 nitrogen and oxygen atoms in total. The maximum atomic E-state index is 14.0.